The van der Waals surface area contributed by atoms with Crippen LogP contribution in [0.3, 0.4) is 0 Å². The van der Waals surface area contributed by atoms with Gasteiger partial charge in [-0.05, 0) is 18.7 Å². The van der Waals surface area contributed by atoms with Gasteiger partial charge in [-0.3, -0.25) is 0 Å². The molecule has 0 aromatic heterocycles. The van der Waals surface area contributed by atoms with E-state index in [4.69, 9.17) is 11.6 Å². The number of likely N-dealkylation sites (N-methyl/N-ethyl adjacent to an activating group) is 1. The Balaban J connectivity index is 2.26. The molecule has 2 nitrogen and oxygen atoms in total. The molecule has 0 amide bonds. The second-order valence-electron chi connectivity index (χ2n) is 4.12. The highest BCUT2D eigenvalue weighted by Gasteiger charge is 2.25. The molecule has 0 radical (unpaired) electrons. The molecule has 1 N–H and O–H groups in total. The highest BCUT2D eigenvalue weighted by atomic mass is 35.5. The van der Waals surface area contributed by atoms with Gasteiger partial charge in [-0.1, -0.05) is 29.8 Å². The summed E-state index contributed by atoms with van der Waals surface area (Å²) in [5, 5.41) is 3.03. The van der Waals surface area contributed by atoms with E-state index in [1.165, 1.54) is 0 Å². The lowest BCUT2D eigenvalue weighted by atomic mass is 10.2. The number of rotatable bonds is 6. The Morgan fingerprint density at radius 2 is 1.94 bits per heavy atom. The molecule has 0 bridgehead atoms. The summed E-state index contributed by atoms with van der Waals surface area (Å²) in [5.41, 5.74) is 0.970. The summed E-state index contributed by atoms with van der Waals surface area (Å²) in [6, 6.07) is 7.43. The normalized spacial score (nSPS) is 12.1. The largest absolute Gasteiger partial charge is 0.401 e. The van der Waals surface area contributed by atoms with E-state index in [0.29, 0.717) is 24.7 Å². The van der Waals surface area contributed by atoms with Crippen LogP contribution in [0.2, 0.25) is 5.02 Å². The lowest BCUT2D eigenvalue weighted by molar-refractivity contribution is -0.124. The first-order chi connectivity index (χ1) is 8.38. The zero-order chi connectivity index (χ0) is 13.6. The molecule has 0 atom stereocenters. The van der Waals surface area contributed by atoms with E-state index in [0.717, 1.165) is 5.56 Å². The van der Waals surface area contributed by atoms with Crippen molar-refractivity contribution in [3.05, 3.63) is 34.9 Å². The van der Waals surface area contributed by atoms with Crippen LogP contribution in [-0.4, -0.2) is 37.8 Å². The molecule has 0 saturated carbocycles. The maximum absolute atomic E-state index is 11.9. The van der Waals surface area contributed by atoms with E-state index in [2.05, 4.69) is 5.32 Å². The van der Waals surface area contributed by atoms with Gasteiger partial charge in [0, 0.05) is 24.7 Å². The third-order valence-corrected chi connectivity index (χ3v) is 2.76. The second-order valence-corrected chi connectivity index (χ2v) is 4.53. The van der Waals surface area contributed by atoms with Gasteiger partial charge in [-0.15, -0.1) is 0 Å². The molecule has 102 valence electrons. The van der Waals surface area contributed by atoms with Crippen molar-refractivity contribution >= 4 is 11.6 Å². The standard InChI is InChI=1S/C12H16ClF3N2/c1-18(7-6-17-9-12(14,15)16)8-10-4-2-3-5-11(10)13/h2-5,17H,6-9H2,1H3. The van der Waals surface area contributed by atoms with Crippen LogP contribution >= 0.6 is 11.6 Å². The molecular weight excluding hydrogens is 265 g/mol. The molecule has 18 heavy (non-hydrogen) atoms. The predicted molar refractivity (Wildman–Crippen MR) is 66.7 cm³/mol. The fraction of sp³-hybridized carbons (Fsp3) is 0.500. The molecule has 0 aliphatic carbocycles. The maximum atomic E-state index is 11.9. The van der Waals surface area contributed by atoms with Gasteiger partial charge in [0.1, 0.15) is 0 Å². The molecule has 6 heteroatoms. The van der Waals surface area contributed by atoms with Gasteiger partial charge in [0.2, 0.25) is 0 Å². The summed E-state index contributed by atoms with van der Waals surface area (Å²) in [6.07, 6.45) is -4.15. The summed E-state index contributed by atoms with van der Waals surface area (Å²) in [6.45, 7) is 0.488. The van der Waals surface area contributed by atoms with Gasteiger partial charge in [0.25, 0.3) is 0 Å². The van der Waals surface area contributed by atoms with Gasteiger partial charge in [0.05, 0.1) is 6.54 Å². The Bertz CT molecular complexity index is 369. The first kappa shape index (κ1) is 15.3. The minimum Gasteiger partial charge on any atom is -0.307 e. The van der Waals surface area contributed by atoms with Crippen LogP contribution in [0.25, 0.3) is 0 Å². The molecule has 1 aromatic rings. The van der Waals surface area contributed by atoms with Crippen molar-refractivity contribution in [2.75, 3.05) is 26.7 Å². The van der Waals surface area contributed by atoms with Crippen molar-refractivity contribution in [2.45, 2.75) is 12.7 Å². The molecule has 0 fully saturated rings. The maximum Gasteiger partial charge on any atom is 0.401 e. The van der Waals surface area contributed by atoms with Gasteiger partial charge >= 0.3 is 6.18 Å². The molecule has 0 aliphatic heterocycles. The molecule has 1 aromatic carbocycles. The predicted octanol–water partition coefficient (Wildman–Crippen LogP) is 2.92. The summed E-state index contributed by atoms with van der Waals surface area (Å²) >= 11 is 6.00. The molecule has 0 heterocycles. The molecule has 0 unspecified atom stereocenters. The minimum absolute atomic E-state index is 0.292. The van der Waals surface area contributed by atoms with E-state index in [1.807, 2.05) is 30.1 Å². The van der Waals surface area contributed by atoms with Crippen LogP contribution in [0.4, 0.5) is 13.2 Å². The second kappa shape index (κ2) is 6.97. The highest BCUT2D eigenvalue weighted by Crippen LogP contribution is 2.16. The average Bonchev–Trinajstić information content (AvgIpc) is 2.26. The number of alkyl halides is 3. The van der Waals surface area contributed by atoms with Crippen LogP contribution in [0.15, 0.2) is 24.3 Å². The minimum atomic E-state index is -4.15. The van der Waals surface area contributed by atoms with Gasteiger partial charge < -0.3 is 10.2 Å². The third kappa shape index (κ3) is 6.23. The highest BCUT2D eigenvalue weighted by molar-refractivity contribution is 6.31. The van der Waals surface area contributed by atoms with Crippen LogP contribution in [0, 0.1) is 0 Å². The number of nitrogens with one attached hydrogen (secondary N) is 1. The lowest BCUT2D eigenvalue weighted by Crippen LogP contribution is -2.34. The van der Waals surface area contributed by atoms with Crippen LogP contribution in [-0.2, 0) is 6.54 Å². The third-order valence-electron chi connectivity index (χ3n) is 2.39. The quantitative estimate of drug-likeness (QED) is 0.806. The number of nitrogens with zero attached hydrogens (tertiary/aromatic N) is 1. The molecule has 0 aliphatic rings. The Morgan fingerprint density at radius 3 is 2.56 bits per heavy atom. The molecular formula is C12H16ClF3N2. The molecule has 1 rings (SSSR count). The zero-order valence-electron chi connectivity index (χ0n) is 10.1. The summed E-state index contributed by atoms with van der Waals surface area (Å²) < 4.78 is 35.7. The van der Waals surface area contributed by atoms with E-state index in [-0.39, 0.29) is 0 Å². The van der Waals surface area contributed by atoms with E-state index in [9.17, 15) is 13.2 Å². The number of benzene rings is 1. The van der Waals surface area contributed by atoms with Gasteiger partial charge in [-0.25, -0.2) is 0 Å². The SMILES string of the molecule is CN(CCNCC(F)(F)F)Cc1ccccc1Cl. The van der Waals surface area contributed by atoms with Gasteiger partial charge in [-0.2, -0.15) is 13.2 Å². The van der Waals surface area contributed by atoms with Gasteiger partial charge in [0.15, 0.2) is 0 Å². The first-order valence-corrected chi connectivity index (χ1v) is 5.96. The van der Waals surface area contributed by atoms with Crippen molar-refractivity contribution in [3.63, 3.8) is 0 Å². The van der Waals surface area contributed by atoms with E-state index in [1.54, 1.807) is 6.07 Å². The molecule has 0 saturated heterocycles. The Labute approximate surface area is 110 Å². The van der Waals surface area contributed by atoms with Crippen molar-refractivity contribution in [3.8, 4) is 0 Å². The fourth-order valence-corrected chi connectivity index (χ4v) is 1.69. The van der Waals surface area contributed by atoms with Crippen molar-refractivity contribution in [2.24, 2.45) is 0 Å². The number of hydrogen-bond acceptors (Lipinski definition) is 2. The van der Waals surface area contributed by atoms with E-state index >= 15 is 0 Å². The summed E-state index contributed by atoms with van der Waals surface area (Å²) in [5.74, 6) is 0. The first-order valence-electron chi connectivity index (χ1n) is 5.58. The molecule has 0 spiro atoms. The average molecular weight is 281 g/mol. The van der Waals surface area contributed by atoms with E-state index < -0.39 is 12.7 Å². The Morgan fingerprint density at radius 1 is 1.28 bits per heavy atom. The number of hydrogen-bond donors (Lipinski definition) is 1. The monoisotopic (exact) mass is 280 g/mol. The van der Waals surface area contributed by atoms with Crippen LogP contribution in [0.1, 0.15) is 5.56 Å². The lowest BCUT2D eigenvalue weighted by Gasteiger charge is -2.18. The van der Waals surface area contributed by atoms with Crippen molar-refractivity contribution < 1.29 is 13.2 Å². The number of halogens is 4. The van der Waals surface area contributed by atoms with Crippen LogP contribution < -0.4 is 5.32 Å². The summed E-state index contributed by atoms with van der Waals surface area (Å²) in [7, 11) is 1.85. The topological polar surface area (TPSA) is 15.3 Å². The van der Waals surface area contributed by atoms with Crippen molar-refractivity contribution in [1.29, 1.82) is 0 Å². The Hall–Kier alpha value is -0.780. The summed E-state index contributed by atoms with van der Waals surface area (Å²) in [4.78, 5) is 1.92. The zero-order valence-corrected chi connectivity index (χ0v) is 10.9. The Kier molecular flexibility index (Phi) is 5.91. The van der Waals surface area contributed by atoms with Crippen molar-refractivity contribution in [1.82, 2.24) is 10.2 Å². The smallest absolute Gasteiger partial charge is 0.307 e. The van der Waals surface area contributed by atoms with Crippen LogP contribution in [0.5, 0.6) is 0 Å². The fourth-order valence-electron chi connectivity index (χ4n) is 1.50.